The molecule has 0 spiro atoms. The van der Waals surface area contributed by atoms with Crippen LogP contribution in [0.1, 0.15) is 47.1 Å². The van der Waals surface area contributed by atoms with Crippen molar-refractivity contribution in [3.05, 3.63) is 46.5 Å². The van der Waals surface area contributed by atoms with Crippen molar-refractivity contribution in [3.8, 4) is 0 Å². The largest absolute Gasteiger partial charge is 0.386 e. The Balaban J connectivity index is 1.56. The van der Waals surface area contributed by atoms with E-state index in [1.807, 2.05) is 10.7 Å². The highest BCUT2D eigenvalue weighted by molar-refractivity contribution is 6.30. The molecule has 2 aromatic heterocycles. The summed E-state index contributed by atoms with van der Waals surface area (Å²) in [6.45, 7) is 1.90. The van der Waals surface area contributed by atoms with E-state index >= 15 is 0 Å². The van der Waals surface area contributed by atoms with Gasteiger partial charge in [0.25, 0.3) is 5.91 Å². The fourth-order valence-corrected chi connectivity index (χ4v) is 3.34. The molecular weight excluding hydrogens is 328 g/mol. The Morgan fingerprint density at radius 3 is 2.88 bits per heavy atom. The molecule has 126 valence electrons. The Labute approximate surface area is 145 Å². The van der Waals surface area contributed by atoms with Gasteiger partial charge in [0.15, 0.2) is 0 Å². The van der Waals surface area contributed by atoms with Crippen LogP contribution in [0.4, 0.5) is 0 Å². The summed E-state index contributed by atoms with van der Waals surface area (Å²) in [6, 6.07) is 3.58. The zero-order valence-corrected chi connectivity index (χ0v) is 14.0. The van der Waals surface area contributed by atoms with Crippen LogP contribution < -0.4 is 0 Å². The first kappa shape index (κ1) is 15.6. The molecule has 1 fully saturated rings. The number of carbonyl (C=O) groups is 1. The molecular formula is C17H19ClN4O2. The van der Waals surface area contributed by atoms with Gasteiger partial charge in [-0.1, -0.05) is 11.6 Å². The molecule has 0 bridgehead atoms. The first-order valence-corrected chi connectivity index (χ1v) is 8.64. The number of aliphatic hydroxyl groups excluding tert-OH is 1. The van der Waals surface area contributed by atoms with E-state index in [2.05, 4.69) is 10.1 Å². The molecule has 24 heavy (non-hydrogen) atoms. The number of amides is 1. The topological polar surface area (TPSA) is 71.2 Å². The first-order chi connectivity index (χ1) is 11.6. The number of rotatable bonds is 3. The monoisotopic (exact) mass is 346 g/mol. The highest BCUT2D eigenvalue weighted by Crippen LogP contribution is 2.40. The number of aryl methyl sites for hydroxylation is 1. The average Bonchev–Trinajstić information content (AvgIpc) is 3.38. The van der Waals surface area contributed by atoms with Gasteiger partial charge < -0.3 is 10.0 Å². The van der Waals surface area contributed by atoms with Gasteiger partial charge in [-0.2, -0.15) is 5.10 Å². The second kappa shape index (κ2) is 6.18. The number of fused-ring (bicyclic) bond motifs is 1. The van der Waals surface area contributed by atoms with Crippen molar-refractivity contribution in [1.29, 1.82) is 0 Å². The minimum Gasteiger partial charge on any atom is -0.386 e. The van der Waals surface area contributed by atoms with Gasteiger partial charge in [-0.15, -0.1) is 0 Å². The molecule has 1 saturated carbocycles. The molecule has 1 aliphatic carbocycles. The van der Waals surface area contributed by atoms with Crippen LogP contribution >= 0.6 is 11.6 Å². The molecule has 6 nitrogen and oxygen atoms in total. The maximum absolute atomic E-state index is 12.7. The summed E-state index contributed by atoms with van der Waals surface area (Å²) in [7, 11) is 0. The highest BCUT2D eigenvalue weighted by Gasteiger charge is 2.33. The molecule has 1 amide bonds. The third-order valence-electron chi connectivity index (χ3n) is 4.64. The van der Waals surface area contributed by atoms with Gasteiger partial charge in [-0.05, 0) is 37.3 Å². The molecule has 7 heteroatoms. The molecule has 0 saturated heterocycles. The van der Waals surface area contributed by atoms with Crippen LogP contribution in [0, 0.1) is 5.92 Å². The van der Waals surface area contributed by atoms with Crippen molar-refractivity contribution >= 4 is 17.5 Å². The molecule has 3 heterocycles. The lowest BCUT2D eigenvalue weighted by molar-refractivity contribution is 0.0745. The zero-order chi connectivity index (χ0) is 16.7. The van der Waals surface area contributed by atoms with E-state index in [0.29, 0.717) is 29.6 Å². The summed E-state index contributed by atoms with van der Waals surface area (Å²) >= 11 is 5.94. The molecule has 2 aromatic rings. The molecule has 4 rings (SSSR count). The lowest BCUT2D eigenvalue weighted by Crippen LogP contribution is -2.30. The van der Waals surface area contributed by atoms with Gasteiger partial charge in [-0.3, -0.25) is 14.5 Å². The van der Waals surface area contributed by atoms with E-state index in [9.17, 15) is 9.90 Å². The van der Waals surface area contributed by atoms with Crippen LogP contribution in [0.2, 0.25) is 5.02 Å². The fourth-order valence-electron chi connectivity index (χ4n) is 3.17. The van der Waals surface area contributed by atoms with Gasteiger partial charge in [0, 0.05) is 25.5 Å². The molecule has 0 aromatic carbocycles. The Morgan fingerprint density at radius 2 is 2.12 bits per heavy atom. The van der Waals surface area contributed by atoms with E-state index in [1.54, 1.807) is 17.2 Å². The lowest BCUT2D eigenvalue weighted by atomic mass is 10.1. The normalized spacial score (nSPS) is 18.8. The van der Waals surface area contributed by atoms with Gasteiger partial charge in [-0.25, -0.2) is 0 Å². The van der Waals surface area contributed by atoms with Crippen molar-refractivity contribution in [2.24, 2.45) is 5.92 Å². The number of hydrogen-bond donors (Lipinski definition) is 1. The minimum absolute atomic E-state index is 0.0797. The standard InChI is InChI=1S/C17H19ClN4O2/c18-13-6-12(8-19-9-13)17(24)21-4-1-5-22-14(10-21)7-15(20-22)16(23)11-2-3-11/h6-9,11,16,23H,1-5,10H2/t16-/m1/s1. The quantitative estimate of drug-likeness (QED) is 0.926. The molecule has 1 N–H and O–H groups in total. The SMILES string of the molecule is O=C(c1cncc(Cl)c1)N1CCCn2nc([C@H](O)C3CC3)cc2C1. The molecule has 2 aliphatic rings. The molecule has 0 radical (unpaired) electrons. The van der Waals surface area contributed by atoms with Crippen molar-refractivity contribution in [2.45, 2.75) is 38.5 Å². The summed E-state index contributed by atoms with van der Waals surface area (Å²) in [6.07, 6.45) is 5.53. The summed E-state index contributed by atoms with van der Waals surface area (Å²) in [5, 5.41) is 15.3. The van der Waals surface area contributed by atoms with Crippen molar-refractivity contribution in [1.82, 2.24) is 19.7 Å². The van der Waals surface area contributed by atoms with Crippen LogP contribution in [0.5, 0.6) is 0 Å². The molecule has 1 aliphatic heterocycles. The predicted molar refractivity (Wildman–Crippen MR) is 88.5 cm³/mol. The Hall–Kier alpha value is -1.92. The molecule has 1 atom stereocenters. The maximum atomic E-state index is 12.7. The van der Waals surface area contributed by atoms with Crippen LogP contribution in [0.3, 0.4) is 0 Å². The Bertz CT molecular complexity index is 772. The number of aliphatic hydroxyl groups is 1. The van der Waals surface area contributed by atoms with Gasteiger partial charge >= 0.3 is 0 Å². The number of aromatic nitrogens is 3. The fraction of sp³-hybridized carbons (Fsp3) is 0.471. The van der Waals surface area contributed by atoms with Crippen molar-refractivity contribution in [3.63, 3.8) is 0 Å². The summed E-state index contributed by atoms with van der Waals surface area (Å²) in [4.78, 5) is 18.5. The lowest BCUT2D eigenvalue weighted by Gasteiger charge is -2.20. The summed E-state index contributed by atoms with van der Waals surface area (Å²) < 4.78 is 1.92. The number of halogens is 1. The smallest absolute Gasteiger partial charge is 0.255 e. The molecule has 0 unspecified atom stereocenters. The first-order valence-electron chi connectivity index (χ1n) is 8.26. The van der Waals surface area contributed by atoms with Crippen LogP contribution in [0.25, 0.3) is 0 Å². The number of pyridine rings is 1. The second-order valence-corrected chi connectivity index (χ2v) is 6.97. The second-order valence-electron chi connectivity index (χ2n) is 6.54. The predicted octanol–water partition coefficient (Wildman–Crippen LogP) is 2.42. The van der Waals surface area contributed by atoms with Gasteiger partial charge in [0.05, 0.1) is 28.5 Å². The highest BCUT2D eigenvalue weighted by atomic mass is 35.5. The van der Waals surface area contributed by atoms with E-state index in [0.717, 1.165) is 37.2 Å². The van der Waals surface area contributed by atoms with E-state index < -0.39 is 6.10 Å². The third-order valence-corrected chi connectivity index (χ3v) is 4.85. The van der Waals surface area contributed by atoms with Gasteiger partial charge in [0.1, 0.15) is 6.10 Å². The van der Waals surface area contributed by atoms with E-state index in [-0.39, 0.29) is 5.91 Å². The van der Waals surface area contributed by atoms with Crippen LogP contribution in [-0.2, 0) is 13.1 Å². The number of carbonyl (C=O) groups excluding carboxylic acids is 1. The van der Waals surface area contributed by atoms with E-state index in [4.69, 9.17) is 11.6 Å². The van der Waals surface area contributed by atoms with Crippen LogP contribution in [0.15, 0.2) is 24.5 Å². The zero-order valence-electron chi connectivity index (χ0n) is 13.2. The average molecular weight is 347 g/mol. The van der Waals surface area contributed by atoms with Gasteiger partial charge in [0.2, 0.25) is 0 Å². The van der Waals surface area contributed by atoms with Crippen LogP contribution in [-0.4, -0.2) is 37.2 Å². The number of nitrogens with zero attached hydrogens (tertiary/aromatic N) is 4. The Kier molecular flexibility index (Phi) is 4.02. The number of hydrogen-bond acceptors (Lipinski definition) is 4. The maximum Gasteiger partial charge on any atom is 0.255 e. The Morgan fingerprint density at radius 1 is 1.29 bits per heavy atom. The summed E-state index contributed by atoms with van der Waals surface area (Å²) in [5.74, 6) is 0.267. The van der Waals surface area contributed by atoms with Crippen molar-refractivity contribution < 1.29 is 9.90 Å². The minimum atomic E-state index is -0.481. The van der Waals surface area contributed by atoms with Crippen molar-refractivity contribution in [2.75, 3.05) is 6.54 Å². The summed E-state index contributed by atoms with van der Waals surface area (Å²) in [5.41, 5.74) is 2.19. The third kappa shape index (κ3) is 3.03. The van der Waals surface area contributed by atoms with E-state index in [1.165, 1.54) is 6.20 Å².